The number of anilines is 1. The molecule has 0 unspecified atom stereocenters. The van der Waals surface area contributed by atoms with E-state index in [1.54, 1.807) is 0 Å². The number of rotatable bonds is 4. The molecular weight excluding hydrogens is 282 g/mol. The fourth-order valence-corrected chi connectivity index (χ4v) is 3.42. The zero-order valence-electron chi connectivity index (χ0n) is 13.9. The number of fused-ring (bicyclic) bond motifs is 1. The Morgan fingerprint density at radius 2 is 1.96 bits per heavy atom. The van der Waals surface area contributed by atoms with Gasteiger partial charge in [-0.15, -0.1) is 0 Å². The first-order valence-electron chi connectivity index (χ1n) is 8.39. The Kier molecular flexibility index (Phi) is 4.64. The van der Waals surface area contributed by atoms with E-state index >= 15 is 0 Å². The van der Waals surface area contributed by atoms with Gasteiger partial charge in [-0.25, -0.2) is 0 Å². The Morgan fingerprint density at radius 1 is 1.17 bits per heavy atom. The van der Waals surface area contributed by atoms with Gasteiger partial charge in [0, 0.05) is 19.6 Å². The average Bonchev–Trinajstić information content (AvgIpc) is 2.62. The van der Waals surface area contributed by atoms with Crippen LogP contribution >= 0.6 is 0 Å². The summed E-state index contributed by atoms with van der Waals surface area (Å²) in [5, 5.41) is 13.1. The van der Waals surface area contributed by atoms with Gasteiger partial charge in [-0.3, -0.25) is 4.90 Å². The molecule has 0 saturated heterocycles. The highest BCUT2D eigenvalue weighted by molar-refractivity contribution is 5.78. The largest absolute Gasteiger partial charge is 0.384 e. The fraction of sp³-hybridized carbons (Fsp3) is 0.350. The number of nitriles is 1. The lowest BCUT2D eigenvalue weighted by molar-refractivity contribution is 0.269. The highest BCUT2D eigenvalue weighted by atomic mass is 15.1. The molecule has 118 valence electrons. The van der Waals surface area contributed by atoms with Crippen molar-refractivity contribution in [2.24, 2.45) is 0 Å². The van der Waals surface area contributed by atoms with E-state index in [4.69, 9.17) is 0 Å². The van der Waals surface area contributed by atoms with E-state index in [1.165, 1.54) is 22.3 Å². The fourth-order valence-electron chi connectivity index (χ4n) is 3.42. The number of nitrogens with zero attached hydrogens (tertiary/aromatic N) is 2. The minimum atomic E-state index is 0.752. The first-order chi connectivity index (χ1) is 11.3. The maximum Gasteiger partial charge on any atom is 0.101 e. The number of nitrogens with one attached hydrogen (secondary N) is 1. The molecule has 0 spiro atoms. The van der Waals surface area contributed by atoms with E-state index in [0.717, 1.165) is 43.9 Å². The smallest absolute Gasteiger partial charge is 0.101 e. The van der Waals surface area contributed by atoms with Crippen LogP contribution in [0.3, 0.4) is 0 Å². The topological polar surface area (TPSA) is 39.1 Å². The molecular formula is C20H23N3. The van der Waals surface area contributed by atoms with Crippen LogP contribution < -0.4 is 5.32 Å². The molecule has 1 N–H and O–H groups in total. The summed E-state index contributed by atoms with van der Waals surface area (Å²) in [7, 11) is 0. The minimum absolute atomic E-state index is 0.752. The highest BCUT2D eigenvalue weighted by Gasteiger charge is 2.24. The van der Waals surface area contributed by atoms with Crippen molar-refractivity contribution in [1.29, 1.82) is 5.26 Å². The van der Waals surface area contributed by atoms with E-state index in [-0.39, 0.29) is 0 Å². The highest BCUT2D eigenvalue weighted by Crippen LogP contribution is 2.37. The summed E-state index contributed by atoms with van der Waals surface area (Å²) in [5.41, 5.74) is 6.90. The molecule has 1 aliphatic heterocycles. The second-order valence-corrected chi connectivity index (χ2v) is 5.93. The molecule has 3 rings (SSSR count). The van der Waals surface area contributed by atoms with Crippen LogP contribution in [0.2, 0.25) is 0 Å². The van der Waals surface area contributed by atoms with Crippen molar-refractivity contribution in [3.8, 4) is 17.2 Å². The summed E-state index contributed by atoms with van der Waals surface area (Å²) in [5.74, 6) is 0. The Balaban J connectivity index is 2.21. The predicted octanol–water partition coefficient (Wildman–Crippen LogP) is 4.04. The van der Waals surface area contributed by atoms with Crippen LogP contribution in [-0.4, -0.2) is 24.5 Å². The standard InChI is InChI=1S/C20H23N3/c1-3-22-20-16(13-21)12-18(15-8-6-5-7-9-15)17-10-11-23(4-2)14-19(17)20/h5-9,12,22H,3-4,10-11,14H2,1-2H3. The molecule has 0 aromatic heterocycles. The summed E-state index contributed by atoms with van der Waals surface area (Å²) in [6.45, 7) is 8.16. The lowest BCUT2D eigenvalue weighted by Gasteiger charge is -2.31. The van der Waals surface area contributed by atoms with Crippen LogP contribution in [0.25, 0.3) is 11.1 Å². The van der Waals surface area contributed by atoms with E-state index in [9.17, 15) is 5.26 Å². The predicted molar refractivity (Wildman–Crippen MR) is 95.4 cm³/mol. The first kappa shape index (κ1) is 15.6. The maximum absolute atomic E-state index is 9.64. The summed E-state index contributed by atoms with van der Waals surface area (Å²) in [6, 6.07) is 14.9. The number of hydrogen-bond acceptors (Lipinski definition) is 3. The van der Waals surface area contributed by atoms with Gasteiger partial charge >= 0.3 is 0 Å². The SMILES string of the molecule is CCNc1c(C#N)cc(-c2ccccc2)c2c1CN(CC)CC2. The zero-order chi connectivity index (χ0) is 16.2. The molecule has 3 heteroatoms. The average molecular weight is 305 g/mol. The quantitative estimate of drug-likeness (QED) is 0.926. The minimum Gasteiger partial charge on any atom is -0.384 e. The Bertz CT molecular complexity index is 729. The third kappa shape index (κ3) is 2.95. The summed E-state index contributed by atoms with van der Waals surface area (Å²) < 4.78 is 0. The van der Waals surface area contributed by atoms with Gasteiger partial charge in [0.05, 0.1) is 11.3 Å². The van der Waals surface area contributed by atoms with Crippen LogP contribution in [0.5, 0.6) is 0 Å². The van der Waals surface area contributed by atoms with Gasteiger partial charge in [0.25, 0.3) is 0 Å². The van der Waals surface area contributed by atoms with Crippen molar-refractivity contribution in [3.63, 3.8) is 0 Å². The molecule has 2 aromatic carbocycles. The van der Waals surface area contributed by atoms with Gasteiger partial charge in [-0.1, -0.05) is 37.3 Å². The lowest BCUT2D eigenvalue weighted by atomic mass is 9.87. The molecule has 0 amide bonds. The van der Waals surface area contributed by atoms with Crippen LogP contribution in [-0.2, 0) is 13.0 Å². The molecule has 0 atom stereocenters. The van der Waals surface area contributed by atoms with E-state index in [2.05, 4.69) is 60.5 Å². The van der Waals surface area contributed by atoms with Crippen molar-refractivity contribution in [2.75, 3.05) is 25.0 Å². The molecule has 0 aliphatic carbocycles. The van der Waals surface area contributed by atoms with Crippen molar-refractivity contribution in [1.82, 2.24) is 4.90 Å². The second-order valence-electron chi connectivity index (χ2n) is 5.93. The summed E-state index contributed by atoms with van der Waals surface area (Å²) >= 11 is 0. The van der Waals surface area contributed by atoms with Gasteiger partial charge in [0.2, 0.25) is 0 Å². The summed E-state index contributed by atoms with van der Waals surface area (Å²) in [4.78, 5) is 2.44. The molecule has 1 heterocycles. The molecule has 3 nitrogen and oxygen atoms in total. The number of benzene rings is 2. The Morgan fingerprint density at radius 3 is 2.61 bits per heavy atom. The molecule has 2 aromatic rings. The van der Waals surface area contributed by atoms with Crippen molar-refractivity contribution in [2.45, 2.75) is 26.8 Å². The molecule has 1 aliphatic rings. The van der Waals surface area contributed by atoms with Gasteiger partial charge in [-0.2, -0.15) is 5.26 Å². The van der Waals surface area contributed by atoms with Gasteiger partial charge in [-0.05, 0) is 48.2 Å². The zero-order valence-corrected chi connectivity index (χ0v) is 13.9. The van der Waals surface area contributed by atoms with Gasteiger partial charge in [0.15, 0.2) is 0 Å². The lowest BCUT2D eigenvalue weighted by Crippen LogP contribution is -2.31. The van der Waals surface area contributed by atoms with Gasteiger partial charge < -0.3 is 5.32 Å². The van der Waals surface area contributed by atoms with Crippen LogP contribution in [0, 0.1) is 11.3 Å². The summed E-state index contributed by atoms with van der Waals surface area (Å²) in [6.07, 6.45) is 1.04. The van der Waals surface area contributed by atoms with Crippen LogP contribution in [0.15, 0.2) is 36.4 Å². The Hall–Kier alpha value is -2.31. The van der Waals surface area contributed by atoms with E-state index < -0.39 is 0 Å². The number of hydrogen-bond donors (Lipinski definition) is 1. The first-order valence-corrected chi connectivity index (χ1v) is 8.39. The monoisotopic (exact) mass is 305 g/mol. The maximum atomic E-state index is 9.64. The van der Waals surface area contributed by atoms with Gasteiger partial charge in [0.1, 0.15) is 6.07 Å². The molecule has 0 fully saturated rings. The molecule has 0 saturated carbocycles. The molecule has 0 bridgehead atoms. The van der Waals surface area contributed by atoms with Crippen molar-refractivity contribution < 1.29 is 0 Å². The van der Waals surface area contributed by atoms with Crippen molar-refractivity contribution >= 4 is 5.69 Å². The second kappa shape index (κ2) is 6.85. The van der Waals surface area contributed by atoms with Crippen LogP contribution in [0.1, 0.15) is 30.5 Å². The van der Waals surface area contributed by atoms with Crippen molar-refractivity contribution in [3.05, 3.63) is 53.1 Å². The van der Waals surface area contributed by atoms with Crippen LogP contribution in [0.4, 0.5) is 5.69 Å². The number of likely N-dealkylation sites (N-methyl/N-ethyl adjacent to an activating group) is 1. The third-order valence-electron chi connectivity index (χ3n) is 4.61. The Labute approximate surface area is 138 Å². The van der Waals surface area contributed by atoms with E-state index in [0.29, 0.717) is 0 Å². The molecule has 23 heavy (non-hydrogen) atoms. The normalized spacial score (nSPS) is 14.1. The molecule has 0 radical (unpaired) electrons. The third-order valence-corrected chi connectivity index (χ3v) is 4.61. The van der Waals surface area contributed by atoms with E-state index in [1.807, 2.05) is 6.07 Å².